The van der Waals surface area contributed by atoms with Crippen LogP contribution >= 0.6 is 0 Å². The van der Waals surface area contributed by atoms with Gasteiger partial charge in [0, 0.05) is 5.56 Å². The maximum atomic E-state index is 11.9. The van der Waals surface area contributed by atoms with Crippen molar-refractivity contribution in [3.8, 4) is 5.75 Å². The van der Waals surface area contributed by atoms with Gasteiger partial charge >= 0.3 is 0 Å². The van der Waals surface area contributed by atoms with Crippen LogP contribution in [0.5, 0.6) is 5.75 Å². The predicted molar refractivity (Wildman–Crippen MR) is 123 cm³/mol. The van der Waals surface area contributed by atoms with Crippen LogP contribution in [0.4, 0.5) is 0 Å². The third-order valence-corrected chi connectivity index (χ3v) is 4.78. The molecule has 4 N–H and O–H groups in total. The summed E-state index contributed by atoms with van der Waals surface area (Å²) in [5.41, 5.74) is 12.1. The molecule has 1 unspecified atom stereocenters. The number of ether oxygens (including phenoxy) is 1. The molecule has 32 heavy (non-hydrogen) atoms. The number of amides is 1. The molecule has 164 valence electrons. The Morgan fingerprint density at radius 3 is 2.38 bits per heavy atom. The average molecular weight is 433 g/mol. The van der Waals surface area contributed by atoms with Gasteiger partial charge in [0.15, 0.2) is 11.7 Å². The Kier molecular flexibility index (Phi) is 6.53. The van der Waals surface area contributed by atoms with E-state index in [2.05, 4.69) is 4.99 Å². The highest BCUT2D eigenvalue weighted by atomic mass is 16.5. The summed E-state index contributed by atoms with van der Waals surface area (Å²) in [6.45, 7) is 4.78. The zero-order chi connectivity index (χ0) is 23.4. The quantitative estimate of drug-likeness (QED) is 0.360. The number of nitrogens with zero attached hydrogens (tertiary/aromatic N) is 1. The summed E-state index contributed by atoms with van der Waals surface area (Å²) < 4.78 is 11.0. The summed E-state index contributed by atoms with van der Waals surface area (Å²) >= 11 is 0. The summed E-state index contributed by atoms with van der Waals surface area (Å²) in [6, 6.07) is 14.4. The number of hydrogen-bond donors (Lipinski definition) is 2. The summed E-state index contributed by atoms with van der Waals surface area (Å²) in [6.07, 6.45) is 1.39. The maximum absolute atomic E-state index is 11.9. The molecule has 0 bridgehead atoms. The molecule has 4 rings (SSSR count). The number of guanidine groups is 1. The van der Waals surface area contributed by atoms with Crippen molar-refractivity contribution >= 4 is 34.7 Å². The van der Waals surface area contributed by atoms with Gasteiger partial charge in [0.05, 0.1) is 11.0 Å². The average Bonchev–Trinajstić information content (AvgIpc) is 2.73. The van der Waals surface area contributed by atoms with Crippen molar-refractivity contribution in [2.75, 3.05) is 0 Å². The fourth-order valence-corrected chi connectivity index (χ4v) is 3.32. The molecule has 1 aliphatic rings. The standard InChI is InChI=1S/C12H13N3O2.C12H10O3/c1-7-9(11(16)15-12(13)14)6-8-4-2-3-5-10(8)17-7;1-7(13)11-8(2)15-10-6-4-3-5-9(10)12(11)14/h2-7H,1H3,(H4,13,14,15,16);3-6H,1-2H3. The van der Waals surface area contributed by atoms with Crippen LogP contribution in [0.15, 0.2) is 68.3 Å². The number of ketones is 1. The largest absolute Gasteiger partial charge is 0.485 e. The van der Waals surface area contributed by atoms with E-state index in [0.717, 1.165) is 11.3 Å². The van der Waals surface area contributed by atoms with Crippen LogP contribution in [0, 0.1) is 6.92 Å². The first-order chi connectivity index (χ1) is 15.2. The van der Waals surface area contributed by atoms with Gasteiger partial charge in [0.25, 0.3) is 5.91 Å². The Hall–Kier alpha value is -4.20. The number of carbonyl (C=O) groups excluding carboxylic acids is 2. The highest BCUT2D eigenvalue weighted by molar-refractivity contribution is 6.05. The smallest absolute Gasteiger partial charge is 0.279 e. The number of hydrogen-bond acceptors (Lipinski definition) is 5. The van der Waals surface area contributed by atoms with Crippen LogP contribution in [0.2, 0.25) is 0 Å². The van der Waals surface area contributed by atoms with E-state index < -0.39 is 5.91 Å². The highest BCUT2D eigenvalue weighted by Crippen LogP contribution is 2.29. The lowest BCUT2D eigenvalue weighted by Gasteiger charge is -2.22. The van der Waals surface area contributed by atoms with E-state index in [0.29, 0.717) is 22.3 Å². The molecule has 2 heterocycles. The Balaban J connectivity index is 0.000000182. The van der Waals surface area contributed by atoms with Crippen molar-refractivity contribution in [2.24, 2.45) is 16.5 Å². The van der Waals surface area contributed by atoms with Gasteiger partial charge in [-0.05, 0) is 45.0 Å². The molecule has 0 radical (unpaired) electrons. The number of para-hydroxylation sites is 2. The number of fused-ring (bicyclic) bond motifs is 2. The second-order valence-electron chi connectivity index (χ2n) is 7.15. The number of rotatable bonds is 2. The van der Waals surface area contributed by atoms with Crippen LogP contribution in [0.1, 0.15) is 35.5 Å². The van der Waals surface area contributed by atoms with Crippen molar-refractivity contribution in [3.63, 3.8) is 0 Å². The Morgan fingerprint density at radius 1 is 1.03 bits per heavy atom. The van der Waals surface area contributed by atoms with Gasteiger partial charge in [-0.1, -0.05) is 30.3 Å². The molecular weight excluding hydrogens is 410 g/mol. The Labute approximate surface area is 184 Å². The molecule has 0 spiro atoms. The summed E-state index contributed by atoms with van der Waals surface area (Å²) in [4.78, 5) is 38.4. The lowest BCUT2D eigenvalue weighted by atomic mass is 10.0. The van der Waals surface area contributed by atoms with Crippen molar-refractivity contribution in [3.05, 3.63) is 81.2 Å². The van der Waals surface area contributed by atoms with Crippen molar-refractivity contribution in [2.45, 2.75) is 26.9 Å². The molecular formula is C24H23N3O5. The zero-order valence-electron chi connectivity index (χ0n) is 17.9. The molecule has 0 saturated carbocycles. The number of benzene rings is 2. The first-order valence-electron chi connectivity index (χ1n) is 9.83. The van der Waals surface area contributed by atoms with E-state index in [4.69, 9.17) is 20.6 Å². The van der Waals surface area contributed by atoms with Gasteiger partial charge in [0.1, 0.15) is 28.8 Å². The number of Topliss-reactive ketones (excluding diaryl/α,β-unsaturated/α-hetero) is 1. The molecule has 8 heteroatoms. The van der Waals surface area contributed by atoms with E-state index in [1.54, 1.807) is 44.2 Å². The minimum atomic E-state index is -0.466. The first kappa shape index (κ1) is 22.5. The van der Waals surface area contributed by atoms with Gasteiger partial charge in [-0.3, -0.25) is 14.4 Å². The summed E-state index contributed by atoms with van der Waals surface area (Å²) in [7, 11) is 0. The van der Waals surface area contributed by atoms with Gasteiger partial charge < -0.3 is 20.6 Å². The van der Waals surface area contributed by atoms with Crippen LogP contribution in [0.25, 0.3) is 17.0 Å². The molecule has 1 amide bonds. The molecule has 8 nitrogen and oxygen atoms in total. The highest BCUT2D eigenvalue weighted by Gasteiger charge is 2.23. The van der Waals surface area contributed by atoms with Crippen molar-refractivity contribution in [1.82, 2.24) is 0 Å². The number of carbonyl (C=O) groups is 2. The third-order valence-electron chi connectivity index (χ3n) is 4.78. The van der Waals surface area contributed by atoms with E-state index >= 15 is 0 Å². The molecule has 1 atom stereocenters. The Morgan fingerprint density at radius 2 is 1.69 bits per heavy atom. The maximum Gasteiger partial charge on any atom is 0.279 e. The minimum absolute atomic E-state index is 0.147. The number of aliphatic imine (C=N–C) groups is 1. The summed E-state index contributed by atoms with van der Waals surface area (Å²) in [5, 5.41) is 0.452. The zero-order valence-corrected chi connectivity index (χ0v) is 17.9. The first-order valence-corrected chi connectivity index (χ1v) is 9.83. The van der Waals surface area contributed by atoms with Crippen LogP contribution in [-0.2, 0) is 4.79 Å². The third kappa shape index (κ3) is 4.75. The van der Waals surface area contributed by atoms with Crippen LogP contribution < -0.4 is 21.6 Å². The monoisotopic (exact) mass is 433 g/mol. The normalized spacial score (nSPS) is 14.2. The van der Waals surface area contributed by atoms with Gasteiger partial charge in [0.2, 0.25) is 5.43 Å². The molecule has 0 fully saturated rings. The van der Waals surface area contributed by atoms with Crippen molar-refractivity contribution < 1.29 is 18.7 Å². The minimum Gasteiger partial charge on any atom is -0.485 e. The molecule has 1 aliphatic heterocycles. The van der Waals surface area contributed by atoms with E-state index in [1.807, 2.05) is 24.3 Å². The fraction of sp³-hybridized carbons (Fsp3) is 0.167. The molecule has 1 aromatic heterocycles. The van der Waals surface area contributed by atoms with Crippen LogP contribution in [-0.4, -0.2) is 23.8 Å². The predicted octanol–water partition coefficient (Wildman–Crippen LogP) is 2.95. The second kappa shape index (κ2) is 9.30. The second-order valence-corrected chi connectivity index (χ2v) is 7.15. The van der Waals surface area contributed by atoms with Crippen LogP contribution in [0.3, 0.4) is 0 Å². The molecule has 2 aromatic carbocycles. The van der Waals surface area contributed by atoms with Crippen molar-refractivity contribution in [1.29, 1.82) is 0 Å². The molecule has 0 saturated heterocycles. The van der Waals surface area contributed by atoms with E-state index in [1.165, 1.54) is 6.92 Å². The van der Waals surface area contributed by atoms with Gasteiger partial charge in [-0.15, -0.1) is 0 Å². The number of nitrogens with two attached hydrogens (primary N) is 2. The lowest BCUT2D eigenvalue weighted by Crippen LogP contribution is -2.28. The topological polar surface area (TPSA) is 138 Å². The summed E-state index contributed by atoms with van der Waals surface area (Å²) in [5.74, 6) is 0.161. The van der Waals surface area contributed by atoms with Gasteiger partial charge in [-0.25, -0.2) is 0 Å². The van der Waals surface area contributed by atoms with E-state index in [9.17, 15) is 14.4 Å². The van der Waals surface area contributed by atoms with Gasteiger partial charge in [-0.2, -0.15) is 4.99 Å². The Bertz CT molecular complexity index is 1320. The molecule has 0 aliphatic carbocycles. The molecule has 3 aromatic rings. The fourth-order valence-electron chi connectivity index (χ4n) is 3.32. The SMILES string of the molecule is CC(=O)c1c(C)oc2ccccc2c1=O.CC1Oc2ccccc2C=C1C(=O)N=C(N)N. The van der Waals surface area contributed by atoms with E-state index in [-0.39, 0.29) is 28.8 Å². The lowest BCUT2D eigenvalue weighted by molar-refractivity contribution is -0.115. The number of aryl methyl sites for hydroxylation is 1.